The predicted octanol–water partition coefficient (Wildman–Crippen LogP) is 0.987. The molecule has 2 aromatic heterocycles. The van der Waals surface area contributed by atoms with Gasteiger partial charge >= 0.3 is 5.97 Å². The van der Waals surface area contributed by atoms with Crippen LogP contribution in [0, 0.1) is 13.8 Å². The maximum atomic E-state index is 12.6. The minimum atomic E-state index is -1.11. The Morgan fingerprint density at radius 1 is 1.42 bits per heavy atom. The number of carboxylic acids is 1. The van der Waals surface area contributed by atoms with Gasteiger partial charge in [-0.15, -0.1) is 5.10 Å². The first kappa shape index (κ1) is 16.2. The van der Waals surface area contributed by atoms with Crippen LogP contribution in [-0.4, -0.2) is 55.1 Å². The SMILES string of the molecule is Cc1noc(C)c1CC(=O)N1CCCC(n2cc(C(=O)O)nn2)C1. The standard InChI is InChI=1S/C15H19N5O4/c1-9-12(10(2)24-17-9)6-14(21)19-5-3-4-11(7-19)20-8-13(15(22)23)16-18-20/h8,11H,3-7H2,1-2H3,(H,22,23). The van der Waals surface area contributed by atoms with E-state index in [0.29, 0.717) is 18.8 Å². The van der Waals surface area contributed by atoms with Crippen LogP contribution < -0.4 is 0 Å². The van der Waals surface area contributed by atoms with Crippen LogP contribution in [0.15, 0.2) is 10.7 Å². The van der Waals surface area contributed by atoms with Crippen LogP contribution in [0.3, 0.4) is 0 Å². The lowest BCUT2D eigenvalue weighted by molar-refractivity contribution is -0.132. The first-order valence-electron chi connectivity index (χ1n) is 7.80. The molecule has 0 spiro atoms. The van der Waals surface area contributed by atoms with E-state index in [1.807, 2.05) is 6.92 Å². The Morgan fingerprint density at radius 2 is 2.21 bits per heavy atom. The van der Waals surface area contributed by atoms with Crippen molar-refractivity contribution in [1.82, 2.24) is 25.1 Å². The smallest absolute Gasteiger partial charge is 0.358 e. The van der Waals surface area contributed by atoms with Crippen LogP contribution >= 0.6 is 0 Å². The molecule has 9 nitrogen and oxygen atoms in total. The van der Waals surface area contributed by atoms with Crippen molar-refractivity contribution in [2.45, 2.75) is 39.2 Å². The van der Waals surface area contributed by atoms with Gasteiger partial charge in [-0.1, -0.05) is 10.4 Å². The van der Waals surface area contributed by atoms with E-state index in [1.54, 1.807) is 16.5 Å². The Kier molecular flexibility index (Phi) is 4.32. The fraction of sp³-hybridized carbons (Fsp3) is 0.533. The molecule has 0 aliphatic carbocycles. The molecule has 128 valence electrons. The largest absolute Gasteiger partial charge is 0.476 e. The monoisotopic (exact) mass is 333 g/mol. The summed E-state index contributed by atoms with van der Waals surface area (Å²) in [6, 6.07) is -0.0621. The number of aryl methyl sites for hydroxylation is 2. The molecule has 0 bridgehead atoms. The number of carbonyl (C=O) groups is 2. The third kappa shape index (κ3) is 3.15. The van der Waals surface area contributed by atoms with Crippen molar-refractivity contribution in [3.63, 3.8) is 0 Å². The second-order valence-corrected chi connectivity index (χ2v) is 6.00. The number of amides is 1. The zero-order valence-electron chi connectivity index (χ0n) is 13.6. The summed E-state index contributed by atoms with van der Waals surface area (Å²) in [4.78, 5) is 25.3. The van der Waals surface area contributed by atoms with Gasteiger partial charge in [-0.05, 0) is 26.7 Å². The van der Waals surface area contributed by atoms with Gasteiger partial charge in [0.05, 0.1) is 24.4 Å². The van der Waals surface area contributed by atoms with E-state index < -0.39 is 5.97 Å². The number of nitrogens with zero attached hydrogens (tertiary/aromatic N) is 5. The molecule has 1 aliphatic rings. The average molecular weight is 333 g/mol. The average Bonchev–Trinajstić information content (AvgIpc) is 3.18. The normalized spacial score (nSPS) is 17.9. The van der Waals surface area contributed by atoms with E-state index in [4.69, 9.17) is 9.63 Å². The first-order valence-corrected chi connectivity index (χ1v) is 7.80. The maximum absolute atomic E-state index is 12.6. The summed E-state index contributed by atoms with van der Waals surface area (Å²) < 4.78 is 6.64. The summed E-state index contributed by atoms with van der Waals surface area (Å²) in [6.45, 7) is 4.79. The van der Waals surface area contributed by atoms with E-state index in [9.17, 15) is 9.59 Å². The van der Waals surface area contributed by atoms with Crippen LogP contribution in [0.1, 0.15) is 46.4 Å². The minimum absolute atomic E-state index is 0.00710. The van der Waals surface area contributed by atoms with Gasteiger partial charge in [0.1, 0.15) is 5.76 Å². The van der Waals surface area contributed by atoms with Crippen LogP contribution in [-0.2, 0) is 11.2 Å². The quantitative estimate of drug-likeness (QED) is 0.887. The number of hydrogen-bond acceptors (Lipinski definition) is 6. The molecule has 1 fully saturated rings. The maximum Gasteiger partial charge on any atom is 0.358 e. The number of aromatic carboxylic acids is 1. The van der Waals surface area contributed by atoms with Crippen molar-refractivity contribution >= 4 is 11.9 Å². The first-order chi connectivity index (χ1) is 11.5. The Balaban J connectivity index is 1.68. The highest BCUT2D eigenvalue weighted by atomic mass is 16.5. The topological polar surface area (TPSA) is 114 Å². The molecule has 24 heavy (non-hydrogen) atoms. The summed E-state index contributed by atoms with van der Waals surface area (Å²) in [6.07, 6.45) is 3.33. The molecule has 1 N–H and O–H groups in total. The molecule has 2 aromatic rings. The van der Waals surface area contributed by atoms with E-state index in [0.717, 1.165) is 24.1 Å². The number of carbonyl (C=O) groups excluding carboxylic acids is 1. The van der Waals surface area contributed by atoms with E-state index >= 15 is 0 Å². The Morgan fingerprint density at radius 3 is 2.83 bits per heavy atom. The number of aromatic nitrogens is 4. The lowest BCUT2D eigenvalue weighted by Gasteiger charge is -2.32. The van der Waals surface area contributed by atoms with Gasteiger partial charge in [0.15, 0.2) is 5.69 Å². The molecule has 9 heteroatoms. The highest BCUT2D eigenvalue weighted by molar-refractivity contribution is 5.84. The summed E-state index contributed by atoms with van der Waals surface area (Å²) >= 11 is 0. The number of hydrogen-bond donors (Lipinski definition) is 1. The Hall–Kier alpha value is -2.71. The van der Waals surface area contributed by atoms with Crippen LogP contribution in [0.4, 0.5) is 0 Å². The van der Waals surface area contributed by atoms with Gasteiger partial charge in [0.2, 0.25) is 5.91 Å². The second kappa shape index (κ2) is 6.42. The number of likely N-dealkylation sites (tertiary alicyclic amines) is 1. The summed E-state index contributed by atoms with van der Waals surface area (Å²) in [5.74, 6) is -0.437. The highest BCUT2D eigenvalue weighted by Gasteiger charge is 2.27. The van der Waals surface area contributed by atoms with Crippen molar-refractivity contribution < 1.29 is 19.2 Å². The fourth-order valence-corrected chi connectivity index (χ4v) is 2.97. The van der Waals surface area contributed by atoms with Gasteiger partial charge in [-0.3, -0.25) is 4.79 Å². The third-order valence-electron chi connectivity index (χ3n) is 4.36. The molecule has 0 radical (unpaired) electrons. The second-order valence-electron chi connectivity index (χ2n) is 6.00. The van der Waals surface area contributed by atoms with Gasteiger partial charge in [0, 0.05) is 18.7 Å². The van der Waals surface area contributed by atoms with Crippen molar-refractivity contribution in [1.29, 1.82) is 0 Å². The molecule has 1 saturated heterocycles. The Labute approximate surface area is 138 Å². The predicted molar refractivity (Wildman–Crippen MR) is 81.5 cm³/mol. The third-order valence-corrected chi connectivity index (χ3v) is 4.36. The Bertz CT molecular complexity index is 746. The molecular formula is C15H19N5O4. The molecule has 3 heterocycles. The molecule has 1 unspecified atom stereocenters. The lowest BCUT2D eigenvalue weighted by atomic mass is 10.0. The van der Waals surface area contributed by atoms with E-state index in [1.165, 1.54) is 6.20 Å². The van der Waals surface area contributed by atoms with E-state index in [-0.39, 0.29) is 24.1 Å². The van der Waals surface area contributed by atoms with Crippen LogP contribution in [0.2, 0.25) is 0 Å². The zero-order chi connectivity index (χ0) is 17.3. The number of rotatable bonds is 4. The highest BCUT2D eigenvalue weighted by Crippen LogP contribution is 2.22. The van der Waals surface area contributed by atoms with E-state index in [2.05, 4.69) is 15.5 Å². The van der Waals surface area contributed by atoms with Gasteiger partial charge in [-0.2, -0.15) is 0 Å². The summed E-state index contributed by atoms with van der Waals surface area (Å²) in [5.41, 5.74) is 1.47. The van der Waals surface area contributed by atoms with Crippen LogP contribution in [0.5, 0.6) is 0 Å². The van der Waals surface area contributed by atoms with Crippen LogP contribution in [0.25, 0.3) is 0 Å². The minimum Gasteiger partial charge on any atom is -0.476 e. The van der Waals surface area contributed by atoms with Gasteiger partial charge in [-0.25, -0.2) is 9.48 Å². The van der Waals surface area contributed by atoms with Crippen molar-refractivity contribution in [3.8, 4) is 0 Å². The molecule has 3 rings (SSSR count). The van der Waals surface area contributed by atoms with Gasteiger partial charge < -0.3 is 14.5 Å². The molecule has 0 saturated carbocycles. The fourth-order valence-electron chi connectivity index (χ4n) is 2.97. The molecule has 1 aliphatic heterocycles. The number of piperidine rings is 1. The summed E-state index contributed by atoms with van der Waals surface area (Å²) in [5, 5.41) is 20.3. The zero-order valence-corrected chi connectivity index (χ0v) is 13.6. The molecule has 1 atom stereocenters. The van der Waals surface area contributed by atoms with Crippen molar-refractivity contribution in [2.75, 3.05) is 13.1 Å². The molecule has 1 amide bonds. The molecule has 0 aromatic carbocycles. The van der Waals surface area contributed by atoms with Crippen molar-refractivity contribution in [2.24, 2.45) is 0 Å². The van der Waals surface area contributed by atoms with Crippen molar-refractivity contribution in [3.05, 3.63) is 28.9 Å². The van der Waals surface area contributed by atoms with Gasteiger partial charge in [0.25, 0.3) is 0 Å². The molecular weight excluding hydrogens is 314 g/mol. The number of carboxylic acid groups (broad SMARTS) is 1. The lowest BCUT2D eigenvalue weighted by Crippen LogP contribution is -2.41. The summed E-state index contributed by atoms with van der Waals surface area (Å²) in [7, 11) is 0.